The molecule has 2 aromatic rings. The van der Waals surface area contributed by atoms with Crippen molar-refractivity contribution in [2.45, 2.75) is 4.90 Å². The van der Waals surface area contributed by atoms with Gasteiger partial charge in [-0.3, -0.25) is 4.79 Å². The third-order valence-corrected chi connectivity index (χ3v) is 4.78. The van der Waals surface area contributed by atoms with Gasteiger partial charge in [0.05, 0.1) is 24.8 Å². The first-order valence-corrected chi connectivity index (χ1v) is 8.28. The van der Waals surface area contributed by atoms with Crippen LogP contribution in [0.4, 0.5) is 5.69 Å². The highest BCUT2D eigenvalue weighted by molar-refractivity contribution is 7.89. The fraction of sp³-hybridized carbons (Fsp3) is 0. The Hall–Kier alpha value is -1.12. The van der Waals surface area contributed by atoms with Crippen molar-refractivity contribution in [3.63, 3.8) is 0 Å². The molecule has 0 saturated carbocycles. The molecule has 0 saturated heterocycles. The van der Waals surface area contributed by atoms with Gasteiger partial charge in [0.15, 0.2) is 0 Å². The van der Waals surface area contributed by atoms with Crippen LogP contribution in [-0.4, -0.2) is 14.3 Å². The number of hydrogen-bond acceptors (Lipinski definition) is 4. The number of anilines is 1. The Morgan fingerprint density at radius 3 is 2.45 bits per heavy atom. The van der Waals surface area contributed by atoms with Gasteiger partial charge in [-0.2, -0.15) is 0 Å². The molecule has 3 N–H and O–H groups in total. The van der Waals surface area contributed by atoms with Gasteiger partial charge >= 0.3 is 0 Å². The summed E-state index contributed by atoms with van der Waals surface area (Å²) in [6.45, 7) is 0. The number of carbonyl (C=O) groups is 1. The second-order valence-electron chi connectivity index (χ2n) is 3.74. The number of carbonyl (C=O) groups excluding carboxylic acids is 1. The van der Waals surface area contributed by atoms with E-state index in [-0.39, 0.29) is 15.6 Å². The fourth-order valence-corrected chi connectivity index (χ4v) is 3.04. The number of amides is 1. The third-order valence-electron chi connectivity index (χ3n) is 2.31. The predicted octanol–water partition coefficient (Wildman–Crippen LogP) is 2.95. The molecule has 0 bridgehead atoms. The Kier molecular flexibility index (Phi) is 4.36. The van der Waals surface area contributed by atoms with Crippen molar-refractivity contribution >= 4 is 56.2 Å². The van der Waals surface area contributed by atoms with E-state index in [0.717, 1.165) is 11.3 Å². The van der Waals surface area contributed by atoms with Crippen LogP contribution >= 0.6 is 34.5 Å². The SMILES string of the molecule is NS(=O)(=O)c1ccc(Cl)c(NC(=O)c2ccc(Cl)s2)c1. The van der Waals surface area contributed by atoms with Gasteiger partial charge in [0.2, 0.25) is 10.0 Å². The Balaban J connectivity index is 2.31. The number of nitrogens with two attached hydrogens (primary N) is 1. The standard InChI is InChI=1S/C11H8Cl2N2O3S2/c12-7-2-1-6(20(14,17)18)5-8(7)15-11(16)9-3-4-10(13)19-9/h1-5H,(H,15,16)(H2,14,17,18). The van der Waals surface area contributed by atoms with E-state index in [1.54, 1.807) is 12.1 Å². The normalized spacial score (nSPS) is 11.3. The molecular formula is C11H8Cl2N2O3S2. The lowest BCUT2D eigenvalue weighted by atomic mass is 10.3. The van der Waals surface area contributed by atoms with Gasteiger partial charge in [0, 0.05) is 0 Å². The minimum absolute atomic E-state index is 0.138. The number of benzene rings is 1. The van der Waals surface area contributed by atoms with Gasteiger partial charge in [0.25, 0.3) is 5.91 Å². The van der Waals surface area contributed by atoms with E-state index >= 15 is 0 Å². The highest BCUT2D eigenvalue weighted by Crippen LogP contribution is 2.27. The molecule has 0 aliphatic heterocycles. The molecule has 0 radical (unpaired) electrons. The van der Waals surface area contributed by atoms with E-state index in [9.17, 15) is 13.2 Å². The van der Waals surface area contributed by atoms with E-state index in [2.05, 4.69) is 5.32 Å². The van der Waals surface area contributed by atoms with E-state index < -0.39 is 15.9 Å². The predicted molar refractivity (Wildman–Crippen MR) is 80.1 cm³/mol. The third kappa shape index (κ3) is 3.50. The maximum Gasteiger partial charge on any atom is 0.265 e. The largest absolute Gasteiger partial charge is 0.320 e. The van der Waals surface area contributed by atoms with Crippen LogP contribution in [0, 0.1) is 0 Å². The van der Waals surface area contributed by atoms with Crippen molar-refractivity contribution in [2.75, 3.05) is 5.32 Å². The average Bonchev–Trinajstić information content (AvgIpc) is 2.77. The van der Waals surface area contributed by atoms with Crippen LogP contribution in [0.25, 0.3) is 0 Å². The summed E-state index contributed by atoms with van der Waals surface area (Å²) in [5.74, 6) is -0.435. The maximum absolute atomic E-state index is 11.9. The zero-order valence-electron chi connectivity index (χ0n) is 9.76. The van der Waals surface area contributed by atoms with Crippen LogP contribution in [0.15, 0.2) is 35.2 Å². The molecule has 1 amide bonds. The summed E-state index contributed by atoms with van der Waals surface area (Å²) in [5, 5.41) is 7.74. The highest BCUT2D eigenvalue weighted by Gasteiger charge is 2.14. The van der Waals surface area contributed by atoms with Crippen LogP contribution in [0.2, 0.25) is 9.36 Å². The number of halogens is 2. The average molecular weight is 351 g/mol. The lowest BCUT2D eigenvalue weighted by Crippen LogP contribution is -2.14. The van der Waals surface area contributed by atoms with Crippen molar-refractivity contribution in [3.05, 3.63) is 44.6 Å². The van der Waals surface area contributed by atoms with Crippen LogP contribution in [0.1, 0.15) is 9.67 Å². The molecule has 0 aliphatic rings. The zero-order chi connectivity index (χ0) is 14.9. The molecular weight excluding hydrogens is 343 g/mol. The minimum atomic E-state index is -3.87. The molecule has 0 atom stereocenters. The van der Waals surface area contributed by atoms with Gasteiger partial charge < -0.3 is 5.32 Å². The molecule has 2 rings (SSSR count). The first-order valence-electron chi connectivity index (χ1n) is 5.16. The molecule has 1 aromatic heterocycles. The van der Waals surface area contributed by atoms with Gasteiger partial charge in [-0.25, -0.2) is 13.6 Å². The second kappa shape index (κ2) is 5.71. The number of hydrogen-bond donors (Lipinski definition) is 2. The first kappa shape index (κ1) is 15.3. The van der Waals surface area contributed by atoms with E-state index in [0.29, 0.717) is 9.21 Å². The summed E-state index contributed by atoms with van der Waals surface area (Å²) in [4.78, 5) is 12.2. The summed E-state index contributed by atoms with van der Waals surface area (Å²) in [7, 11) is -3.87. The number of rotatable bonds is 3. The second-order valence-corrected chi connectivity index (χ2v) is 7.43. The molecule has 0 spiro atoms. The van der Waals surface area contributed by atoms with Gasteiger partial charge in [-0.05, 0) is 30.3 Å². The lowest BCUT2D eigenvalue weighted by molar-refractivity contribution is 0.103. The molecule has 0 aliphatic carbocycles. The van der Waals surface area contributed by atoms with Crippen molar-refractivity contribution < 1.29 is 13.2 Å². The molecule has 9 heteroatoms. The first-order chi connectivity index (χ1) is 9.27. The Bertz CT molecular complexity index is 772. The van der Waals surface area contributed by atoms with Crippen molar-refractivity contribution in [1.29, 1.82) is 0 Å². The molecule has 5 nitrogen and oxygen atoms in total. The quantitative estimate of drug-likeness (QED) is 0.891. The molecule has 1 aromatic carbocycles. The van der Waals surface area contributed by atoms with Crippen molar-refractivity contribution in [1.82, 2.24) is 0 Å². The summed E-state index contributed by atoms with van der Waals surface area (Å²) in [6, 6.07) is 6.95. The summed E-state index contributed by atoms with van der Waals surface area (Å²) in [6.07, 6.45) is 0. The summed E-state index contributed by atoms with van der Waals surface area (Å²) < 4.78 is 23.0. The number of primary sulfonamides is 1. The molecule has 1 heterocycles. The van der Waals surface area contributed by atoms with Crippen molar-refractivity contribution in [3.8, 4) is 0 Å². The van der Waals surface area contributed by atoms with E-state index in [1.165, 1.54) is 18.2 Å². The smallest absolute Gasteiger partial charge is 0.265 e. The number of thiophene rings is 1. The summed E-state index contributed by atoms with van der Waals surface area (Å²) >= 11 is 12.7. The Morgan fingerprint density at radius 2 is 1.90 bits per heavy atom. The van der Waals surface area contributed by atoms with Gasteiger partial charge in [0.1, 0.15) is 0 Å². The van der Waals surface area contributed by atoms with Crippen LogP contribution < -0.4 is 10.5 Å². The van der Waals surface area contributed by atoms with Crippen molar-refractivity contribution in [2.24, 2.45) is 5.14 Å². The van der Waals surface area contributed by atoms with E-state index in [1.807, 2.05) is 0 Å². The number of nitrogens with one attached hydrogen (secondary N) is 1. The summed E-state index contributed by atoms with van der Waals surface area (Å²) in [5.41, 5.74) is 0.160. The van der Waals surface area contributed by atoms with Crippen LogP contribution in [0.3, 0.4) is 0 Å². The molecule has 106 valence electrons. The number of sulfonamides is 1. The molecule has 20 heavy (non-hydrogen) atoms. The van der Waals surface area contributed by atoms with E-state index in [4.69, 9.17) is 28.3 Å². The molecule has 0 fully saturated rings. The lowest BCUT2D eigenvalue weighted by Gasteiger charge is -2.07. The van der Waals surface area contributed by atoms with Gasteiger partial charge in [-0.15, -0.1) is 11.3 Å². The monoisotopic (exact) mass is 350 g/mol. The maximum atomic E-state index is 11.9. The molecule has 0 unspecified atom stereocenters. The Morgan fingerprint density at radius 1 is 1.20 bits per heavy atom. The minimum Gasteiger partial charge on any atom is -0.320 e. The Labute approximate surface area is 129 Å². The van der Waals surface area contributed by atoms with Crippen LogP contribution in [-0.2, 0) is 10.0 Å². The zero-order valence-corrected chi connectivity index (χ0v) is 12.9. The topological polar surface area (TPSA) is 89.3 Å². The fourth-order valence-electron chi connectivity index (χ4n) is 1.40. The van der Waals surface area contributed by atoms with Gasteiger partial charge in [-0.1, -0.05) is 23.2 Å². The highest BCUT2D eigenvalue weighted by atomic mass is 35.5. The van der Waals surface area contributed by atoms with Crippen LogP contribution in [0.5, 0.6) is 0 Å².